The number of rotatable bonds is 7. The number of piperidine rings is 1. The van der Waals surface area contributed by atoms with Crippen molar-refractivity contribution in [2.75, 3.05) is 31.1 Å². The van der Waals surface area contributed by atoms with Gasteiger partial charge in [-0.1, -0.05) is 20.8 Å². The standard InChI is InChI=1S/C21H36N4O/c1-5-14-26-19-11-9-18(10-12-19)25(16-21(3,4)15-22)20(23)24-13-7-6-8-17(24)2/h9-12,17,23H,5-8,13-16,22H2,1-4H3. The zero-order valence-corrected chi connectivity index (χ0v) is 16.9. The highest BCUT2D eigenvalue weighted by Gasteiger charge is 2.29. The molecular weight excluding hydrogens is 324 g/mol. The third-order valence-corrected chi connectivity index (χ3v) is 5.09. The Labute approximate surface area is 159 Å². The van der Waals surface area contributed by atoms with Crippen LogP contribution >= 0.6 is 0 Å². The molecule has 1 aromatic carbocycles. The second-order valence-corrected chi connectivity index (χ2v) is 8.16. The van der Waals surface area contributed by atoms with Crippen molar-refractivity contribution in [2.45, 2.75) is 59.4 Å². The average Bonchev–Trinajstić information content (AvgIpc) is 2.65. The molecule has 0 amide bonds. The van der Waals surface area contributed by atoms with Gasteiger partial charge in [0.15, 0.2) is 5.96 Å². The van der Waals surface area contributed by atoms with Crippen molar-refractivity contribution in [2.24, 2.45) is 11.1 Å². The minimum absolute atomic E-state index is 0.0668. The van der Waals surface area contributed by atoms with E-state index in [1.165, 1.54) is 6.42 Å². The van der Waals surface area contributed by atoms with Crippen molar-refractivity contribution in [1.82, 2.24) is 4.90 Å². The van der Waals surface area contributed by atoms with Crippen LogP contribution in [-0.2, 0) is 0 Å². The summed E-state index contributed by atoms with van der Waals surface area (Å²) in [6, 6.07) is 8.52. The van der Waals surface area contributed by atoms with Gasteiger partial charge in [-0.3, -0.25) is 5.41 Å². The maximum atomic E-state index is 8.91. The summed E-state index contributed by atoms with van der Waals surface area (Å²) in [5.41, 5.74) is 6.95. The highest BCUT2D eigenvalue weighted by molar-refractivity contribution is 5.94. The lowest BCUT2D eigenvalue weighted by Gasteiger charge is -2.42. The van der Waals surface area contributed by atoms with E-state index < -0.39 is 0 Å². The van der Waals surface area contributed by atoms with Crippen LogP contribution in [0.2, 0.25) is 0 Å². The molecule has 1 unspecified atom stereocenters. The number of nitrogens with one attached hydrogen (secondary N) is 1. The Bertz CT molecular complexity index is 570. The Hall–Kier alpha value is -1.75. The molecule has 3 N–H and O–H groups in total. The highest BCUT2D eigenvalue weighted by atomic mass is 16.5. The van der Waals surface area contributed by atoms with Crippen molar-refractivity contribution in [1.29, 1.82) is 5.41 Å². The SMILES string of the molecule is CCCOc1ccc(N(CC(C)(C)CN)C(=N)N2CCCCC2C)cc1. The number of guanidine groups is 1. The van der Waals surface area contributed by atoms with E-state index in [4.69, 9.17) is 15.9 Å². The number of nitrogens with zero attached hydrogens (tertiary/aromatic N) is 2. The van der Waals surface area contributed by atoms with Crippen LogP contribution < -0.4 is 15.4 Å². The van der Waals surface area contributed by atoms with E-state index in [-0.39, 0.29) is 5.41 Å². The molecule has 0 saturated carbocycles. The van der Waals surface area contributed by atoms with Gasteiger partial charge in [0.05, 0.1) is 6.61 Å². The summed E-state index contributed by atoms with van der Waals surface area (Å²) in [5.74, 6) is 1.47. The topological polar surface area (TPSA) is 65.6 Å². The quantitative estimate of drug-likeness (QED) is 0.568. The summed E-state index contributed by atoms with van der Waals surface area (Å²) >= 11 is 0. The normalized spacial score (nSPS) is 17.9. The zero-order chi connectivity index (χ0) is 19.2. The van der Waals surface area contributed by atoms with Gasteiger partial charge in [-0.05, 0) is 68.8 Å². The number of hydrogen-bond acceptors (Lipinski definition) is 3. The molecule has 2 rings (SSSR count). The molecular formula is C21H36N4O. The number of likely N-dealkylation sites (tertiary alicyclic amines) is 1. The predicted octanol–water partition coefficient (Wildman–Crippen LogP) is 4.08. The van der Waals surface area contributed by atoms with Crippen LogP contribution in [0.4, 0.5) is 5.69 Å². The van der Waals surface area contributed by atoms with Gasteiger partial charge in [-0.25, -0.2) is 0 Å². The molecule has 0 aromatic heterocycles. The van der Waals surface area contributed by atoms with Crippen LogP contribution in [0.5, 0.6) is 5.75 Å². The Morgan fingerprint density at radius 1 is 1.31 bits per heavy atom. The van der Waals surface area contributed by atoms with E-state index in [0.29, 0.717) is 18.5 Å². The van der Waals surface area contributed by atoms with E-state index in [2.05, 4.69) is 49.6 Å². The summed E-state index contributed by atoms with van der Waals surface area (Å²) in [5, 5.41) is 8.91. The molecule has 1 atom stereocenters. The Balaban J connectivity index is 2.24. The third-order valence-electron chi connectivity index (χ3n) is 5.09. The van der Waals surface area contributed by atoms with E-state index in [1.54, 1.807) is 0 Å². The first-order valence-electron chi connectivity index (χ1n) is 9.93. The molecule has 0 spiro atoms. The molecule has 1 saturated heterocycles. The van der Waals surface area contributed by atoms with E-state index in [0.717, 1.165) is 50.4 Å². The van der Waals surface area contributed by atoms with E-state index in [9.17, 15) is 0 Å². The lowest BCUT2D eigenvalue weighted by atomic mass is 9.92. The van der Waals surface area contributed by atoms with Crippen LogP contribution in [0.3, 0.4) is 0 Å². The van der Waals surface area contributed by atoms with E-state index in [1.807, 2.05) is 12.1 Å². The van der Waals surface area contributed by atoms with Crippen LogP contribution in [-0.4, -0.2) is 43.1 Å². The molecule has 146 valence electrons. The molecule has 1 heterocycles. The van der Waals surface area contributed by atoms with Crippen LogP contribution in [0.15, 0.2) is 24.3 Å². The smallest absolute Gasteiger partial charge is 0.198 e. The van der Waals surface area contributed by atoms with Crippen molar-refractivity contribution >= 4 is 11.6 Å². The first-order valence-corrected chi connectivity index (χ1v) is 9.93. The maximum Gasteiger partial charge on any atom is 0.198 e. The van der Waals surface area contributed by atoms with Crippen molar-refractivity contribution < 1.29 is 4.74 Å². The Morgan fingerprint density at radius 3 is 2.58 bits per heavy atom. The fourth-order valence-electron chi connectivity index (χ4n) is 3.29. The van der Waals surface area contributed by atoms with Crippen LogP contribution in [0, 0.1) is 10.8 Å². The van der Waals surface area contributed by atoms with Gasteiger partial charge in [0, 0.05) is 24.8 Å². The zero-order valence-electron chi connectivity index (χ0n) is 16.9. The molecule has 0 radical (unpaired) electrons. The first kappa shape index (κ1) is 20.6. The summed E-state index contributed by atoms with van der Waals surface area (Å²) in [7, 11) is 0. The van der Waals surface area contributed by atoms with Gasteiger partial charge in [-0.15, -0.1) is 0 Å². The summed E-state index contributed by atoms with van der Waals surface area (Å²) in [6.45, 7) is 11.6. The lowest BCUT2D eigenvalue weighted by Crippen LogP contribution is -2.53. The Morgan fingerprint density at radius 2 is 2.00 bits per heavy atom. The summed E-state index contributed by atoms with van der Waals surface area (Å²) in [4.78, 5) is 4.34. The molecule has 5 nitrogen and oxygen atoms in total. The molecule has 0 bridgehead atoms. The van der Waals surface area contributed by atoms with Gasteiger partial charge in [0.2, 0.25) is 0 Å². The minimum atomic E-state index is -0.0668. The number of hydrogen-bond donors (Lipinski definition) is 2. The average molecular weight is 361 g/mol. The molecule has 1 aliphatic heterocycles. The van der Waals surface area contributed by atoms with Crippen LogP contribution in [0.1, 0.15) is 53.4 Å². The van der Waals surface area contributed by atoms with Gasteiger partial charge < -0.3 is 20.3 Å². The highest BCUT2D eigenvalue weighted by Crippen LogP contribution is 2.27. The fraction of sp³-hybridized carbons (Fsp3) is 0.667. The van der Waals surface area contributed by atoms with Crippen molar-refractivity contribution in [3.05, 3.63) is 24.3 Å². The summed E-state index contributed by atoms with van der Waals surface area (Å²) < 4.78 is 5.70. The number of ether oxygens (including phenoxy) is 1. The molecule has 1 aromatic rings. The molecule has 26 heavy (non-hydrogen) atoms. The second-order valence-electron chi connectivity index (χ2n) is 8.16. The minimum Gasteiger partial charge on any atom is -0.494 e. The third kappa shape index (κ3) is 5.37. The van der Waals surface area contributed by atoms with Crippen LogP contribution in [0.25, 0.3) is 0 Å². The first-order chi connectivity index (χ1) is 12.4. The predicted molar refractivity (Wildman–Crippen MR) is 110 cm³/mol. The molecule has 1 aliphatic rings. The van der Waals surface area contributed by atoms with Gasteiger partial charge in [0.25, 0.3) is 0 Å². The van der Waals surface area contributed by atoms with Crippen molar-refractivity contribution in [3.63, 3.8) is 0 Å². The number of anilines is 1. The number of nitrogens with two attached hydrogens (primary N) is 1. The Kier molecular flexibility index (Phi) is 7.33. The molecule has 5 heteroatoms. The number of benzene rings is 1. The molecule has 1 fully saturated rings. The van der Waals surface area contributed by atoms with E-state index >= 15 is 0 Å². The van der Waals surface area contributed by atoms with Crippen molar-refractivity contribution in [3.8, 4) is 5.75 Å². The lowest BCUT2D eigenvalue weighted by molar-refractivity contribution is 0.250. The maximum absolute atomic E-state index is 8.91. The largest absolute Gasteiger partial charge is 0.494 e. The van der Waals surface area contributed by atoms with Gasteiger partial charge >= 0.3 is 0 Å². The second kappa shape index (κ2) is 9.26. The monoisotopic (exact) mass is 360 g/mol. The fourth-order valence-corrected chi connectivity index (χ4v) is 3.29. The molecule has 0 aliphatic carbocycles. The summed E-state index contributed by atoms with van der Waals surface area (Å²) in [6.07, 6.45) is 4.56. The van der Waals surface area contributed by atoms with Gasteiger partial charge in [0.1, 0.15) is 5.75 Å². The van der Waals surface area contributed by atoms with Gasteiger partial charge in [-0.2, -0.15) is 0 Å².